The fraction of sp³-hybridized carbons (Fsp3) is 0.455. The molecule has 0 spiro atoms. The summed E-state index contributed by atoms with van der Waals surface area (Å²) in [5.41, 5.74) is 3.07. The summed E-state index contributed by atoms with van der Waals surface area (Å²) >= 11 is 12.2. The molecule has 0 amide bonds. The van der Waals surface area contributed by atoms with E-state index in [0.29, 0.717) is 5.41 Å². The zero-order valence-electron chi connectivity index (χ0n) is 15.1. The molecule has 0 saturated carbocycles. The SMILES string of the molecule is CCCC1(CC)CCN(C(c2ccc(Cl)cc2)c2ccc(Cl)cc2)C1. The molecule has 25 heavy (non-hydrogen) atoms. The summed E-state index contributed by atoms with van der Waals surface area (Å²) in [6.45, 7) is 6.95. The smallest absolute Gasteiger partial charge is 0.0602 e. The molecular weight excluding hydrogens is 349 g/mol. The quantitative estimate of drug-likeness (QED) is 0.525. The van der Waals surface area contributed by atoms with Crippen LogP contribution in [-0.4, -0.2) is 18.0 Å². The van der Waals surface area contributed by atoms with Crippen molar-refractivity contribution in [3.63, 3.8) is 0 Å². The van der Waals surface area contributed by atoms with Crippen LogP contribution in [0.3, 0.4) is 0 Å². The Bertz CT molecular complexity index is 635. The van der Waals surface area contributed by atoms with Crippen molar-refractivity contribution in [3.05, 3.63) is 69.7 Å². The number of halogens is 2. The zero-order valence-corrected chi connectivity index (χ0v) is 16.7. The van der Waals surface area contributed by atoms with Crippen molar-refractivity contribution in [1.82, 2.24) is 4.90 Å². The highest BCUT2D eigenvalue weighted by atomic mass is 35.5. The van der Waals surface area contributed by atoms with Crippen LogP contribution in [0.15, 0.2) is 48.5 Å². The third-order valence-electron chi connectivity index (χ3n) is 5.73. The average molecular weight is 376 g/mol. The molecule has 0 aromatic heterocycles. The molecule has 0 bridgehead atoms. The van der Waals surface area contributed by atoms with Gasteiger partial charge in [-0.2, -0.15) is 0 Å². The second-order valence-electron chi connectivity index (χ2n) is 7.33. The van der Waals surface area contributed by atoms with Crippen LogP contribution in [0, 0.1) is 5.41 Å². The molecule has 1 atom stereocenters. The van der Waals surface area contributed by atoms with Gasteiger partial charge in [-0.25, -0.2) is 0 Å². The lowest BCUT2D eigenvalue weighted by atomic mass is 9.80. The highest BCUT2D eigenvalue weighted by Crippen LogP contribution is 2.43. The first-order chi connectivity index (χ1) is 12.1. The Morgan fingerprint density at radius 1 is 0.920 bits per heavy atom. The van der Waals surface area contributed by atoms with E-state index >= 15 is 0 Å². The first-order valence-electron chi connectivity index (χ1n) is 9.32. The van der Waals surface area contributed by atoms with Gasteiger partial charge in [0.15, 0.2) is 0 Å². The van der Waals surface area contributed by atoms with Crippen LogP contribution in [0.2, 0.25) is 10.0 Å². The number of benzene rings is 2. The van der Waals surface area contributed by atoms with Gasteiger partial charge in [-0.1, -0.05) is 67.7 Å². The Balaban J connectivity index is 1.94. The lowest BCUT2D eigenvalue weighted by Gasteiger charge is -2.32. The minimum atomic E-state index is 0.264. The fourth-order valence-corrected chi connectivity index (χ4v) is 4.55. The molecule has 1 heterocycles. The molecule has 1 unspecified atom stereocenters. The summed E-state index contributed by atoms with van der Waals surface area (Å²) < 4.78 is 0. The topological polar surface area (TPSA) is 3.24 Å². The van der Waals surface area contributed by atoms with Crippen LogP contribution < -0.4 is 0 Å². The molecule has 0 radical (unpaired) electrons. The lowest BCUT2D eigenvalue weighted by molar-refractivity contribution is 0.207. The zero-order chi connectivity index (χ0) is 17.9. The van der Waals surface area contributed by atoms with Gasteiger partial charge in [-0.05, 0) is 66.6 Å². The van der Waals surface area contributed by atoms with Gasteiger partial charge >= 0.3 is 0 Å². The fourth-order valence-electron chi connectivity index (χ4n) is 4.29. The van der Waals surface area contributed by atoms with Crippen molar-refractivity contribution >= 4 is 23.2 Å². The number of rotatable bonds is 6. The van der Waals surface area contributed by atoms with E-state index in [1.807, 2.05) is 24.3 Å². The maximum Gasteiger partial charge on any atom is 0.0602 e. The van der Waals surface area contributed by atoms with Gasteiger partial charge in [-0.15, -0.1) is 0 Å². The van der Waals surface area contributed by atoms with Crippen LogP contribution in [0.25, 0.3) is 0 Å². The second kappa shape index (κ2) is 8.12. The minimum Gasteiger partial charge on any atom is -0.292 e. The van der Waals surface area contributed by atoms with Gasteiger partial charge < -0.3 is 0 Å². The van der Waals surface area contributed by atoms with E-state index in [1.165, 1.54) is 36.8 Å². The average Bonchev–Trinajstić information content (AvgIpc) is 3.03. The molecule has 1 aliphatic rings. The third kappa shape index (κ3) is 4.22. The molecule has 1 saturated heterocycles. The minimum absolute atomic E-state index is 0.264. The number of likely N-dealkylation sites (tertiary alicyclic amines) is 1. The molecule has 1 aliphatic heterocycles. The Morgan fingerprint density at radius 2 is 1.44 bits per heavy atom. The summed E-state index contributed by atoms with van der Waals surface area (Å²) in [4.78, 5) is 2.64. The molecule has 1 nitrogen and oxygen atoms in total. The number of hydrogen-bond acceptors (Lipinski definition) is 1. The van der Waals surface area contributed by atoms with Crippen LogP contribution in [0.1, 0.15) is 56.7 Å². The first-order valence-corrected chi connectivity index (χ1v) is 10.1. The van der Waals surface area contributed by atoms with E-state index in [-0.39, 0.29) is 6.04 Å². The number of hydrogen-bond donors (Lipinski definition) is 0. The van der Waals surface area contributed by atoms with Crippen molar-refractivity contribution < 1.29 is 0 Å². The van der Waals surface area contributed by atoms with Gasteiger partial charge in [0, 0.05) is 16.6 Å². The molecule has 2 aromatic rings. The van der Waals surface area contributed by atoms with Crippen molar-refractivity contribution in [3.8, 4) is 0 Å². The Morgan fingerprint density at radius 3 is 1.88 bits per heavy atom. The van der Waals surface area contributed by atoms with Crippen LogP contribution >= 0.6 is 23.2 Å². The first kappa shape index (κ1) is 18.8. The van der Waals surface area contributed by atoms with Crippen molar-refractivity contribution in [2.45, 2.75) is 45.6 Å². The molecule has 134 valence electrons. The van der Waals surface area contributed by atoms with Crippen molar-refractivity contribution in [2.75, 3.05) is 13.1 Å². The van der Waals surface area contributed by atoms with Gasteiger partial charge in [0.2, 0.25) is 0 Å². The predicted octanol–water partition coefficient (Wildman–Crippen LogP) is 6.99. The van der Waals surface area contributed by atoms with Gasteiger partial charge in [0.1, 0.15) is 0 Å². The molecule has 0 aliphatic carbocycles. The summed E-state index contributed by atoms with van der Waals surface area (Å²) in [6.07, 6.45) is 5.11. The number of nitrogens with zero attached hydrogens (tertiary/aromatic N) is 1. The summed E-state index contributed by atoms with van der Waals surface area (Å²) in [7, 11) is 0. The van der Waals surface area contributed by atoms with E-state index in [4.69, 9.17) is 23.2 Å². The third-order valence-corrected chi connectivity index (χ3v) is 6.24. The van der Waals surface area contributed by atoms with Gasteiger partial charge in [-0.3, -0.25) is 4.90 Å². The standard InChI is InChI=1S/C22H27Cl2N/c1-3-13-22(4-2)14-15-25(16-22)21(17-5-9-19(23)10-6-17)18-7-11-20(24)12-8-18/h5-12,21H,3-4,13-16H2,1-2H3. The van der Waals surface area contributed by atoms with Gasteiger partial charge in [0.05, 0.1) is 6.04 Å². The van der Waals surface area contributed by atoms with Crippen molar-refractivity contribution in [2.24, 2.45) is 5.41 Å². The summed E-state index contributed by atoms with van der Waals surface area (Å²) in [5.74, 6) is 0. The monoisotopic (exact) mass is 375 g/mol. The molecule has 3 rings (SSSR count). The Labute approximate surface area is 161 Å². The molecule has 3 heteroatoms. The maximum atomic E-state index is 6.12. The van der Waals surface area contributed by atoms with E-state index in [1.54, 1.807) is 0 Å². The molecule has 1 fully saturated rings. The van der Waals surface area contributed by atoms with E-state index in [0.717, 1.165) is 23.1 Å². The van der Waals surface area contributed by atoms with E-state index in [2.05, 4.69) is 43.0 Å². The van der Waals surface area contributed by atoms with E-state index in [9.17, 15) is 0 Å². The maximum absolute atomic E-state index is 6.12. The largest absolute Gasteiger partial charge is 0.292 e. The highest BCUT2D eigenvalue weighted by molar-refractivity contribution is 6.30. The summed E-state index contributed by atoms with van der Waals surface area (Å²) in [6, 6.07) is 16.9. The predicted molar refractivity (Wildman–Crippen MR) is 109 cm³/mol. The lowest BCUT2D eigenvalue weighted by Crippen LogP contribution is -2.31. The highest BCUT2D eigenvalue weighted by Gasteiger charge is 2.39. The second-order valence-corrected chi connectivity index (χ2v) is 8.20. The Kier molecular flexibility index (Phi) is 6.09. The van der Waals surface area contributed by atoms with Crippen LogP contribution in [-0.2, 0) is 0 Å². The molecule has 2 aromatic carbocycles. The molecule has 0 N–H and O–H groups in total. The van der Waals surface area contributed by atoms with Crippen LogP contribution in [0.4, 0.5) is 0 Å². The summed E-state index contributed by atoms with van der Waals surface area (Å²) in [5, 5.41) is 1.57. The van der Waals surface area contributed by atoms with E-state index < -0.39 is 0 Å². The van der Waals surface area contributed by atoms with Gasteiger partial charge in [0.25, 0.3) is 0 Å². The Hall–Kier alpha value is -1.02. The molecular formula is C22H27Cl2N. The van der Waals surface area contributed by atoms with Crippen LogP contribution in [0.5, 0.6) is 0 Å². The normalized spacial score (nSPS) is 21.2. The van der Waals surface area contributed by atoms with Crippen molar-refractivity contribution in [1.29, 1.82) is 0 Å².